The maximum atomic E-state index is 10.7. The molecular formula is C12H9O4S. The van der Waals surface area contributed by atoms with Gasteiger partial charge in [0, 0.05) is 11.6 Å². The summed E-state index contributed by atoms with van der Waals surface area (Å²) in [4.78, 5) is 0. The lowest BCUT2D eigenvalue weighted by atomic mass is 10.1. The summed E-state index contributed by atoms with van der Waals surface area (Å²) in [6.07, 6.45) is 0. The van der Waals surface area contributed by atoms with Crippen LogP contribution in [-0.4, -0.2) is 13.0 Å². The largest absolute Gasteiger partial charge is 0.446 e. The van der Waals surface area contributed by atoms with Crippen LogP contribution in [0.15, 0.2) is 48.5 Å². The first-order chi connectivity index (χ1) is 8.06. The van der Waals surface area contributed by atoms with Crippen LogP contribution in [0.3, 0.4) is 0 Å². The fourth-order valence-corrected chi connectivity index (χ4v) is 1.79. The lowest BCUT2D eigenvalue weighted by Crippen LogP contribution is -2.07. The molecule has 0 amide bonds. The lowest BCUT2D eigenvalue weighted by molar-refractivity contribution is 0.387. The molecule has 0 saturated heterocycles. The lowest BCUT2D eigenvalue weighted by Gasteiger charge is -2.07. The third-order valence-corrected chi connectivity index (χ3v) is 2.47. The van der Waals surface area contributed by atoms with Crippen LogP contribution in [0, 0.1) is 6.07 Å². The minimum atomic E-state index is -4.54. The Balaban J connectivity index is 2.49. The van der Waals surface area contributed by atoms with Gasteiger partial charge in [-0.25, -0.2) is 0 Å². The van der Waals surface area contributed by atoms with Gasteiger partial charge in [0.25, 0.3) is 0 Å². The molecule has 0 unspecified atom stereocenters. The monoisotopic (exact) mass is 249 g/mol. The zero-order chi connectivity index (χ0) is 12.3. The number of benzene rings is 2. The van der Waals surface area contributed by atoms with E-state index in [4.69, 9.17) is 4.55 Å². The molecule has 0 fully saturated rings. The number of hydrogen-bond acceptors (Lipinski definition) is 3. The van der Waals surface area contributed by atoms with Crippen LogP contribution in [0.25, 0.3) is 11.1 Å². The average Bonchev–Trinajstić information content (AvgIpc) is 2.29. The third-order valence-electron chi connectivity index (χ3n) is 2.09. The Bertz CT molecular complexity index is 605. The highest BCUT2D eigenvalue weighted by molar-refractivity contribution is 7.81. The van der Waals surface area contributed by atoms with Crippen molar-refractivity contribution in [2.45, 2.75) is 0 Å². The van der Waals surface area contributed by atoms with Crippen LogP contribution >= 0.6 is 0 Å². The molecule has 0 aromatic heterocycles. The van der Waals surface area contributed by atoms with Crippen LogP contribution < -0.4 is 4.18 Å². The van der Waals surface area contributed by atoms with Crippen molar-refractivity contribution < 1.29 is 17.2 Å². The number of hydrogen-bond donors (Lipinski definition) is 1. The summed E-state index contributed by atoms with van der Waals surface area (Å²) in [5.74, 6) is -0.0267. The van der Waals surface area contributed by atoms with Gasteiger partial charge >= 0.3 is 10.4 Å². The summed E-state index contributed by atoms with van der Waals surface area (Å²) < 4.78 is 34.5. The Morgan fingerprint density at radius 1 is 1.06 bits per heavy atom. The second kappa shape index (κ2) is 4.57. The normalized spacial score (nSPS) is 11.1. The van der Waals surface area contributed by atoms with E-state index in [0.717, 1.165) is 5.56 Å². The summed E-state index contributed by atoms with van der Waals surface area (Å²) in [7, 11) is -4.54. The molecule has 0 aliphatic heterocycles. The molecule has 0 heterocycles. The van der Waals surface area contributed by atoms with Gasteiger partial charge in [-0.05, 0) is 5.56 Å². The molecule has 2 aromatic rings. The van der Waals surface area contributed by atoms with Crippen LogP contribution in [0.4, 0.5) is 0 Å². The van der Waals surface area contributed by atoms with Gasteiger partial charge in [-0.15, -0.1) is 0 Å². The Morgan fingerprint density at radius 3 is 2.41 bits per heavy atom. The fraction of sp³-hybridized carbons (Fsp3) is 0. The topological polar surface area (TPSA) is 63.6 Å². The fourth-order valence-electron chi connectivity index (χ4n) is 1.44. The Labute approximate surface area is 99.4 Å². The first-order valence-corrected chi connectivity index (χ1v) is 6.16. The maximum absolute atomic E-state index is 10.7. The van der Waals surface area contributed by atoms with Gasteiger partial charge in [0.15, 0.2) is 5.75 Å². The molecule has 17 heavy (non-hydrogen) atoms. The molecular weight excluding hydrogens is 240 g/mol. The van der Waals surface area contributed by atoms with Crippen molar-refractivity contribution in [1.29, 1.82) is 0 Å². The van der Waals surface area contributed by atoms with Gasteiger partial charge in [0.1, 0.15) is 0 Å². The van der Waals surface area contributed by atoms with Crippen molar-refractivity contribution in [2.24, 2.45) is 0 Å². The Hall–Kier alpha value is -1.85. The molecule has 4 nitrogen and oxygen atoms in total. The minimum absolute atomic E-state index is 0.0267. The van der Waals surface area contributed by atoms with Gasteiger partial charge in [-0.3, -0.25) is 4.55 Å². The van der Waals surface area contributed by atoms with E-state index in [1.54, 1.807) is 24.3 Å². The minimum Gasteiger partial charge on any atom is -0.360 e. The van der Waals surface area contributed by atoms with Gasteiger partial charge in [0.05, 0.1) is 0 Å². The molecule has 1 N–H and O–H groups in total. The van der Waals surface area contributed by atoms with Gasteiger partial charge in [-0.2, -0.15) is 8.42 Å². The SMILES string of the molecule is O=S(=O)(O)Oc1[c]cccc1-c1ccccc1. The molecule has 5 heteroatoms. The van der Waals surface area contributed by atoms with Gasteiger partial charge in [-0.1, -0.05) is 48.5 Å². The van der Waals surface area contributed by atoms with E-state index < -0.39 is 10.4 Å². The van der Waals surface area contributed by atoms with E-state index >= 15 is 0 Å². The first-order valence-electron chi connectivity index (χ1n) is 4.79. The van der Waals surface area contributed by atoms with Crippen molar-refractivity contribution in [2.75, 3.05) is 0 Å². The molecule has 1 radical (unpaired) electrons. The quantitative estimate of drug-likeness (QED) is 0.848. The predicted octanol–water partition coefficient (Wildman–Crippen LogP) is 2.34. The molecule has 2 rings (SSSR count). The van der Waals surface area contributed by atoms with Crippen molar-refractivity contribution in [3.8, 4) is 16.9 Å². The zero-order valence-corrected chi connectivity index (χ0v) is 9.52. The second-order valence-electron chi connectivity index (χ2n) is 3.29. The molecule has 0 aliphatic rings. The average molecular weight is 249 g/mol. The third kappa shape index (κ3) is 3.05. The van der Waals surface area contributed by atoms with E-state index in [9.17, 15) is 8.42 Å². The highest BCUT2D eigenvalue weighted by Crippen LogP contribution is 2.29. The Morgan fingerprint density at radius 2 is 1.76 bits per heavy atom. The van der Waals surface area contributed by atoms with Crippen molar-refractivity contribution in [3.63, 3.8) is 0 Å². The van der Waals surface area contributed by atoms with Crippen LogP contribution in [0.5, 0.6) is 5.75 Å². The smallest absolute Gasteiger partial charge is 0.360 e. The maximum Gasteiger partial charge on any atom is 0.446 e. The highest BCUT2D eigenvalue weighted by atomic mass is 32.3. The van der Waals surface area contributed by atoms with Crippen LogP contribution in [0.2, 0.25) is 0 Å². The summed E-state index contributed by atoms with van der Waals surface area (Å²) in [5.41, 5.74) is 1.33. The standard InChI is InChI=1S/C12H9O4S/c13-17(14,15)16-12-9-5-4-8-11(12)10-6-2-1-3-7-10/h1-8H,(H,13,14,15). The summed E-state index contributed by atoms with van der Waals surface area (Å²) >= 11 is 0. The van der Waals surface area contributed by atoms with E-state index in [0.29, 0.717) is 5.56 Å². The van der Waals surface area contributed by atoms with E-state index in [1.807, 2.05) is 18.2 Å². The zero-order valence-electron chi connectivity index (χ0n) is 8.70. The molecule has 0 atom stereocenters. The highest BCUT2D eigenvalue weighted by Gasteiger charge is 2.12. The molecule has 0 bridgehead atoms. The van der Waals surface area contributed by atoms with Crippen molar-refractivity contribution in [1.82, 2.24) is 0 Å². The molecule has 2 aromatic carbocycles. The molecule has 0 aliphatic carbocycles. The van der Waals surface area contributed by atoms with E-state index in [2.05, 4.69) is 10.2 Å². The van der Waals surface area contributed by atoms with Crippen LogP contribution in [-0.2, 0) is 10.4 Å². The molecule has 87 valence electrons. The number of rotatable bonds is 3. The van der Waals surface area contributed by atoms with Gasteiger partial charge in [0.2, 0.25) is 0 Å². The van der Waals surface area contributed by atoms with Crippen LogP contribution in [0.1, 0.15) is 0 Å². The van der Waals surface area contributed by atoms with E-state index in [-0.39, 0.29) is 5.75 Å². The van der Waals surface area contributed by atoms with Crippen molar-refractivity contribution >= 4 is 10.4 Å². The second-order valence-corrected chi connectivity index (χ2v) is 4.31. The molecule has 0 spiro atoms. The summed E-state index contributed by atoms with van der Waals surface area (Å²) in [6, 6.07) is 16.6. The summed E-state index contributed by atoms with van der Waals surface area (Å²) in [5, 5.41) is 0. The first kappa shape index (κ1) is 11.6. The predicted molar refractivity (Wildman–Crippen MR) is 62.9 cm³/mol. The van der Waals surface area contributed by atoms with Gasteiger partial charge < -0.3 is 4.18 Å². The summed E-state index contributed by atoms with van der Waals surface area (Å²) in [6.45, 7) is 0. The number of para-hydroxylation sites is 1. The molecule has 0 saturated carbocycles. The Kier molecular flexibility index (Phi) is 3.12. The van der Waals surface area contributed by atoms with E-state index in [1.165, 1.54) is 6.07 Å². The van der Waals surface area contributed by atoms with Crippen molar-refractivity contribution in [3.05, 3.63) is 54.6 Å².